The number of unbranched alkanes of at least 4 members (excludes halogenated alkanes) is 12. The maximum atomic E-state index is 2.53. The SMILES string of the molecule is CCCCCCCCCCCCCC/C=C/C1CCCCC1. The minimum atomic E-state index is 0.922. The number of hydrogen-bond acceptors (Lipinski definition) is 0. The summed E-state index contributed by atoms with van der Waals surface area (Å²) < 4.78 is 0. The predicted molar refractivity (Wildman–Crippen MR) is 101 cm³/mol. The van der Waals surface area contributed by atoms with E-state index in [9.17, 15) is 0 Å². The number of allylic oxidation sites excluding steroid dienone is 2. The van der Waals surface area contributed by atoms with Gasteiger partial charge < -0.3 is 0 Å². The molecular weight excluding hydrogens is 264 g/mol. The number of hydrogen-bond donors (Lipinski definition) is 0. The summed E-state index contributed by atoms with van der Waals surface area (Å²) in [5.74, 6) is 0.922. The molecule has 0 aromatic rings. The van der Waals surface area contributed by atoms with Crippen LogP contribution in [0, 0.1) is 5.92 Å². The summed E-state index contributed by atoms with van der Waals surface area (Å²) in [4.78, 5) is 0. The highest BCUT2D eigenvalue weighted by atomic mass is 14.1. The van der Waals surface area contributed by atoms with Crippen molar-refractivity contribution in [1.29, 1.82) is 0 Å². The Hall–Kier alpha value is -0.260. The zero-order chi connectivity index (χ0) is 15.7. The summed E-state index contributed by atoms with van der Waals surface area (Å²) in [5.41, 5.74) is 0. The predicted octanol–water partition coefficient (Wildman–Crippen LogP) is 8.21. The van der Waals surface area contributed by atoms with E-state index in [0.29, 0.717) is 0 Å². The highest BCUT2D eigenvalue weighted by molar-refractivity contribution is 4.89. The van der Waals surface area contributed by atoms with Gasteiger partial charge in [0.1, 0.15) is 0 Å². The van der Waals surface area contributed by atoms with Gasteiger partial charge in [-0.05, 0) is 31.6 Å². The Kier molecular flexibility index (Phi) is 14.1. The lowest BCUT2D eigenvalue weighted by molar-refractivity contribution is 0.418. The maximum Gasteiger partial charge on any atom is -0.0234 e. The Balaban J connectivity index is 1.73. The van der Waals surface area contributed by atoms with E-state index in [0.717, 1.165) is 5.92 Å². The van der Waals surface area contributed by atoms with E-state index in [2.05, 4.69) is 19.1 Å². The van der Waals surface area contributed by atoms with E-state index in [-0.39, 0.29) is 0 Å². The molecule has 1 fully saturated rings. The Bertz CT molecular complexity index is 234. The summed E-state index contributed by atoms with van der Waals surface area (Å²) >= 11 is 0. The molecule has 0 unspecified atom stereocenters. The van der Waals surface area contributed by atoms with Gasteiger partial charge in [0.25, 0.3) is 0 Å². The van der Waals surface area contributed by atoms with Crippen molar-refractivity contribution in [3.8, 4) is 0 Å². The third kappa shape index (κ3) is 12.3. The first-order chi connectivity index (χ1) is 10.9. The largest absolute Gasteiger partial charge is 0.0883 e. The topological polar surface area (TPSA) is 0 Å². The van der Waals surface area contributed by atoms with Crippen LogP contribution in [0.15, 0.2) is 12.2 Å². The van der Waals surface area contributed by atoms with Crippen LogP contribution in [-0.2, 0) is 0 Å². The lowest BCUT2D eigenvalue weighted by Gasteiger charge is -2.17. The molecule has 0 heterocycles. The quantitative estimate of drug-likeness (QED) is 0.224. The maximum absolute atomic E-state index is 2.53. The molecule has 0 aliphatic heterocycles. The van der Waals surface area contributed by atoms with E-state index in [1.165, 1.54) is 116 Å². The van der Waals surface area contributed by atoms with E-state index in [1.807, 2.05) is 0 Å². The lowest BCUT2D eigenvalue weighted by atomic mass is 9.89. The van der Waals surface area contributed by atoms with Crippen LogP contribution in [0.2, 0.25) is 0 Å². The van der Waals surface area contributed by atoms with Crippen LogP contribution in [0.4, 0.5) is 0 Å². The second-order valence-corrected chi connectivity index (χ2v) is 7.50. The van der Waals surface area contributed by atoms with Crippen molar-refractivity contribution in [1.82, 2.24) is 0 Å². The molecule has 0 nitrogen and oxygen atoms in total. The molecule has 1 rings (SSSR count). The number of rotatable bonds is 14. The van der Waals surface area contributed by atoms with Gasteiger partial charge in [0.2, 0.25) is 0 Å². The second-order valence-electron chi connectivity index (χ2n) is 7.50. The van der Waals surface area contributed by atoms with Crippen molar-refractivity contribution in [2.75, 3.05) is 0 Å². The molecule has 0 heteroatoms. The molecule has 0 amide bonds. The van der Waals surface area contributed by atoms with Crippen molar-refractivity contribution < 1.29 is 0 Å². The third-order valence-electron chi connectivity index (χ3n) is 5.28. The highest BCUT2D eigenvalue weighted by Gasteiger charge is 2.09. The van der Waals surface area contributed by atoms with Gasteiger partial charge in [0.05, 0.1) is 0 Å². The molecule has 1 saturated carbocycles. The van der Waals surface area contributed by atoms with Crippen LogP contribution < -0.4 is 0 Å². The van der Waals surface area contributed by atoms with Crippen LogP contribution in [0.5, 0.6) is 0 Å². The molecule has 22 heavy (non-hydrogen) atoms. The molecule has 1 aliphatic carbocycles. The van der Waals surface area contributed by atoms with Gasteiger partial charge in [-0.2, -0.15) is 0 Å². The Labute approximate surface area is 141 Å². The fourth-order valence-corrected chi connectivity index (χ4v) is 3.72. The van der Waals surface area contributed by atoms with Gasteiger partial charge in [0.15, 0.2) is 0 Å². The summed E-state index contributed by atoms with van der Waals surface area (Å²) in [7, 11) is 0. The van der Waals surface area contributed by atoms with E-state index in [1.54, 1.807) is 0 Å². The zero-order valence-electron chi connectivity index (χ0n) is 15.5. The van der Waals surface area contributed by atoms with Crippen molar-refractivity contribution in [2.45, 2.75) is 122 Å². The highest BCUT2D eigenvalue weighted by Crippen LogP contribution is 2.24. The average Bonchev–Trinajstić information content (AvgIpc) is 2.56. The molecule has 0 aromatic carbocycles. The first-order valence-electron chi connectivity index (χ1n) is 10.6. The van der Waals surface area contributed by atoms with Gasteiger partial charge >= 0.3 is 0 Å². The Morgan fingerprint density at radius 3 is 1.68 bits per heavy atom. The molecule has 0 aromatic heterocycles. The average molecular weight is 307 g/mol. The third-order valence-corrected chi connectivity index (χ3v) is 5.28. The summed E-state index contributed by atoms with van der Waals surface area (Å²) in [5, 5.41) is 0. The fourth-order valence-electron chi connectivity index (χ4n) is 3.72. The molecule has 130 valence electrons. The Morgan fingerprint density at radius 1 is 0.636 bits per heavy atom. The first-order valence-corrected chi connectivity index (χ1v) is 10.6. The smallest absolute Gasteiger partial charge is 0.0234 e. The van der Waals surface area contributed by atoms with Crippen molar-refractivity contribution in [3.63, 3.8) is 0 Å². The molecule has 0 N–H and O–H groups in total. The van der Waals surface area contributed by atoms with Crippen molar-refractivity contribution >= 4 is 0 Å². The van der Waals surface area contributed by atoms with E-state index < -0.39 is 0 Å². The zero-order valence-corrected chi connectivity index (χ0v) is 15.5. The molecule has 1 aliphatic rings. The Morgan fingerprint density at radius 2 is 1.14 bits per heavy atom. The molecule has 0 atom stereocenters. The molecule has 0 spiro atoms. The molecule has 0 radical (unpaired) electrons. The van der Waals surface area contributed by atoms with Gasteiger partial charge in [0, 0.05) is 0 Å². The lowest BCUT2D eigenvalue weighted by Crippen LogP contribution is -2.02. The minimum Gasteiger partial charge on any atom is -0.0883 e. The van der Waals surface area contributed by atoms with E-state index in [4.69, 9.17) is 0 Å². The van der Waals surface area contributed by atoms with Gasteiger partial charge in [-0.25, -0.2) is 0 Å². The first kappa shape index (κ1) is 19.8. The summed E-state index contributed by atoms with van der Waals surface area (Å²) in [6, 6.07) is 0. The van der Waals surface area contributed by atoms with E-state index >= 15 is 0 Å². The van der Waals surface area contributed by atoms with Gasteiger partial charge in [-0.15, -0.1) is 0 Å². The van der Waals surface area contributed by atoms with Crippen LogP contribution in [0.3, 0.4) is 0 Å². The summed E-state index contributed by atoms with van der Waals surface area (Å²) in [6.45, 7) is 2.30. The monoisotopic (exact) mass is 306 g/mol. The molecule has 0 bridgehead atoms. The summed E-state index contributed by atoms with van der Waals surface area (Å²) in [6.07, 6.45) is 31.1. The van der Waals surface area contributed by atoms with Crippen molar-refractivity contribution in [2.24, 2.45) is 5.92 Å². The van der Waals surface area contributed by atoms with Crippen LogP contribution in [-0.4, -0.2) is 0 Å². The van der Waals surface area contributed by atoms with Gasteiger partial charge in [-0.3, -0.25) is 0 Å². The second kappa shape index (κ2) is 15.6. The van der Waals surface area contributed by atoms with Crippen LogP contribution in [0.25, 0.3) is 0 Å². The van der Waals surface area contributed by atoms with Crippen LogP contribution in [0.1, 0.15) is 122 Å². The standard InChI is InChI=1S/C22H42/c1-2-3-4-5-6-7-8-9-10-11-12-13-14-16-19-22-20-17-15-18-21-22/h16,19,22H,2-15,17-18,20-21H2,1H3/b19-16+. The van der Waals surface area contributed by atoms with Gasteiger partial charge in [-0.1, -0.05) is 109 Å². The minimum absolute atomic E-state index is 0.922. The molecule has 0 saturated heterocycles. The fraction of sp³-hybridized carbons (Fsp3) is 0.909. The molecular formula is C22H42. The van der Waals surface area contributed by atoms with Crippen LogP contribution >= 0.6 is 0 Å². The van der Waals surface area contributed by atoms with Crippen molar-refractivity contribution in [3.05, 3.63) is 12.2 Å². The normalized spacial score (nSPS) is 16.6.